The van der Waals surface area contributed by atoms with Crippen molar-refractivity contribution >= 4 is 26.7 Å². The summed E-state index contributed by atoms with van der Waals surface area (Å²) in [7, 11) is 0. The van der Waals surface area contributed by atoms with Crippen LogP contribution in [0.25, 0.3) is 10.2 Å². The lowest BCUT2D eigenvalue weighted by molar-refractivity contribution is 0.820. The molecule has 1 heterocycles. The van der Waals surface area contributed by atoms with E-state index in [1.165, 1.54) is 15.8 Å². The number of rotatable bonds is 5. The third kappa shape index (κ3) is 3.41. The molecule has 0 radical (unpaired) electrons. The molecule has 2 N–H and O–H groups in total. The SMILES string of the molecule is C=C(NCc1ccccc1)Nc1nc2ccc(C)cc2s1. The molecule has 0 saturated carbocycles. The third-order valence-electron chi connectivity index (χ3n) is 3.15. The Hall–Kier alpha value is -2.33. The second kappa shape index (κ2) is 5.97. The van der Waals surface area contributed by atoms with Gasteiger partial charge in [-0.05, 0) is 30.2 Å². The first kappa shape index (κ1) is 13.6. The maximum Gasteiger partial charge on any atom is 0.189 e. The van der Waals surface area contributed by atoms with Crippen LogP contribution in [0, 0.1) is 6.92 Å². The number of hydrogen-bond donors (Lipinski definition) is 2. The zero-order chi connectivity index (χ0) is 14.7. The first-order valence-electron chi connectivity index (χ1n) is 6.81. The molecule has 0 aliphatic carbocycles. The molecular weight excluding hydrogens is 278 g/mol. The van der Waals surface area contributed by atoms with Crippen molar-refractivity contribution in [2.24, 2.45) is 0 Å². The van der Waals surface area contributed by atoms with Gasteiger partial charge in [0.15, 0.2) is 5.13 Å². The molecule has 0 bridgehead atoms. The number of anilines is 1. The first-order valence-corrected chi connectivity index (χ1v) is 7.63. The van der Waals surface area contributed by atoms with Crippen LogP contribution in [0.3, 0.4) is 0 Å². The Balaban J connectivity index is 1.63. The molecule has 0 saturated heterocycles. The Morgan fingerprint density at radius 1 is 1.19 bits per heavy atom. The summed E-state index contributed by atoms with van der Waals surface area (Å²) in [6, 6.07) is 16.5. The minimum absolute atomic E-state index is 0.747. The fourth-order valence-electron chi connectivity index (χ4n) is 2.06. The van der Waals surface area contributed by atoms with E-state index in [0.29, 0.717) is 0 Å². The van der Waals surface area contributed by atoms with Crippen molar-refractivity contribution in [1.29, 1.82) is 0 Å². The highest BCUT2D eigenvalue weighted by Crippen LogP contribution is 2.27. The number of benzene rings is 2. The normalized spacial score (nSPS) is 10.5. The minimum Gasteiger partial charge on any atom is -0.368 e. The van der Waals surface area contributed by atoms with Crippen molar-refractivity contribution in [2.45, 2.75) is 13.5 Å². The van der Waals surface area contributed by atoms with Crippen molar-refractivity contribution in [1.82, 2.24) is 10.3 Å². The van der Waals surface area contributed by atoms with E-state index in [2.05, 4.69) is 53.4 Å². The Morgan fingerprint density at radius 3 is 2.81 bits per heavy atom. The summed E-state index contributed by atoms with van der Waals surface area (Å²) in [5, 5.41) is 7.35. The van der Waals surface area contributed by atoms with E-state index in [-0.39, 0.29) is 0 Å². The van der Waals surface area contributed by atoms with E-state index in [9.17, 15) is 0 Å². The highest BCUT2D eigenvalue weighted by Gasteiger charge is 2.04. The van der Waals surface area contributed by atoms with Crippen LogP contribution in [0.4, 0.5) is 5.13 Å². The lowest BCUT2D eigenvalue weighted by Gasteiger charge is -2.09. The van der Waals surface area contributed by atoms with Gasteiger partial charge in [0.05, 0.1) is 16.0 Å². The van der Waals surface area contributed by atoms with Gasteiger partial charge in [-0.2, -0.15) is 0 Å². The Labute approximate surface area is 128 Å². The quantitative estimate of drug-likeness (QED) is 0.738. The van der Waals surface area contributed by atoms with E-state index < -0.39 is 0 Å². The van der Waals surface area contributed by atoms with Gasteiger partial charge in [-0.15, -0.1) is 0 Å². The van der Waals surface area contributed by atoms with Crippen molar-refractivity contribution < 1.29 is 0 Å². The number of thiazole rings is 1. The molecule has 1 aromatic heterocycles. The molecule has 3 rings (SSSR count). The summed E-state index contributed by atoms with van der Waals surface area (Å²) in [5.41, 5.74) is 3.49. The number of aromatic nitrogens is 1. The van der Waals surface area contributed by atoms with Gasteiger partial charge in [0.25, 0.3) is 0 Å². The topological polar surface area (TPSA) is 37.0 Å². The number of nitrogens with zero attached hydrogens (tertiary/aromatic N) is 1. The highest BCUT2D eigenvalue weighted by atomic mass is 32.1. The van der Waals surface area contributed by atoms with Crippen molar-refractivity contribution in [3.05, 3.63) is 72.1 Å². The Morgan fingerprint density at radius 2 is 2.00 bits per heavy atom. The highest BCUT2D eigenvalue weighted by molar-refractivity contribution is 7.22. The van der Waals surface area contributed by atoms with E-state index in [4.69, 9.17) is 0 Å². The van der Waals surface area contributed by atoms with Crippen LogP contribution < -0.4 is 10.6 Å². The summed E-state index contributed by atoms with van der Waals surface area (Å²) >= 11 is 1.64. The zero-order valence-electron chi connectivity index (χ0n) is 11.9. The number of hydrogen-bond acceptors (Lipinski definition) is 4. The predicted molar refractivity (Wildman–Crippen MR) is 90.4 cm³/mol. The van der Waals surface area contributed by atoms with Gasteiger partial charge >= 0.3 is 0 Å². The first-order chi connectivity index (χ1) is 10.2. The van der Waals surface area contributed by atoms with Gasteiger partial charge < -0.3 is 10.6 Å². The monoisotopic (exact) mass is 295 g/mol. The Kier molecular flexibility index (Phi) is 3.88. The van der Waals surface area contributed by atoms with Crippen molar-refractivity contribution in [3.63, 3.8) is 0 Å². The van der Waals surface area contributed by atoms with Gasteiger partial charge in [0, 0.05) is 6.54 Å². The van der Waals surface area contributed by atoms with Crippen LogP contribution in [-0.4, -0.2) is 4.98 Å². The molecule has 2 aromatic carbocycles. The fourth-order valence-corrected chi connectivity index (χ4v) is 3.05. The maximum absolute atomic E-state index is 4.56. The molecule has 0 atom stereocenters. The number of aryl methyl sites for hydroxylation is 1. The van der Waals surface area contributed by atoms with E-state index in [1.54, 1.807) is 11.3 Å². The standard InChI is InChI=1S/C17H17N3S/c1-12-8-9-15-16(10-12)21-17(20-15)19-13(2)18-11-14-6-4-3-5-7-14/h3-10,18H,2,11H2,1H3,(H,19,20). The van der Waals surface area contributed by atoms with Crippen LogP contribution in [0.15, 0.2) is 60.9 Å². The Bertz CT molecular complexity index is 762. The average Bonchev–Trinajstić information content (AvgIpc) is 2.87. The molecule has 4 heteroatoms. The fraction of sp³-hybridized carbons (Fsp3) is 0.118. The molecule has 106 valence electrons. The predicted octanol–water partition coefficient (Wildman–Crippen LogP) is 4.28. The second-order valence-electron chi connectivity index (χ2n) is 4.93. The average molecular weight is 295 g/mol. The van der Waals surface area contributed by atoms with Crippen molar-refractivity contribution in [2.75, 3.05) is 5.32 Å². The lowest BCUT2D eigenvalue weighted by Crippen LogP contribution is -2.17. The van der Waals surface area contributed by atoms with Gasteiger partial charge in [0.1, 0.15) is 0 Å². The van der Waals surface area contributed by atoms with Crippen LogP contribution >= 0.6 is 11.3 Å². The molecular formula is C17H17N3S. The van der Waals surface area contributed by atoms with Crippen LogP contribution in [-0.2, 0) is 6.54 Å². The van der Waals surface area contributed by atoms with Crippen molar-refractivity contribution in [3.8, 4) is 0 Å². The molecule has 0 unspecified atom stereocenters. The van der Waals surface area contributed by atoms with Gasteiger partial charge in [-0.1, -0.05) is 54.3 Å². The summed E-state index contributed by atoms with van der Waals surface area (Å²) in [4.78, 5) is 4.56. The third-order valence-corrected chi connectivity index (χ3v) is 4.08. The van der Waals surface area contributed by atoms with E-state index in [1.807, 2.05) is 24.3 Å². The summed E-state index contributed by atoms with van der Waals surface area (Å²) in [6.07, 6.45) is 0. The van der Waals surface area contributed by atoms with Crippen LogP contribution in [0.2, 0.25) is 0 Å². The smallest absolute Gasteiger partial charge is 0.189 e. The van der Waals surface area contributed by atoms with Gasteiger partial charge in [0.2, 0.25) is 0 Å². The summed E-state index contributed by atoms with van der Waals surface area (Å²) in [5.74, 6) is 0.759. The molecule has 0 amide bonds. The van der Waals surface area contributed by atoms with Crippen LogP contribution in [0.5, 0.6) is 0 Å². The molecule has 0 spiro atoms. The van der Waals surface area contributed by atoms with E-state index in [0.717, 1.165) is 23.0 Å². The second-order valence-corrected chi connectivity index (χ2v) is 5.96. The molecule has 21 heavy (non-hydrogen) atoms. The molecule has 0 aliphatic heterocycles. The summed E-state index contributed by atoms with van der Waals surface area (Å²) in [6.45, 7) is 6.83. The van der Waals surface area contributed by atoms with Crippen LogP contribution in [0.1, 0.15) is 11.1 Å². The lowest BCUT2D eigenvalue weighted by atomic mass is 10.2. The van der Waals surface area contributed by atoms with Gasteiger partial charge in [-0.3, -0.25) is 0 Å². The summed E-state index contributed by atoms with van der Waals surface area (Å²) < 4.78 is 1.19. The zero-order valence-corrected chi connectivity index (χ0v) is 12.7. The largest absolute Gasteiger partial charge is 0.368 e. The number of fused-ring (bicyclic) bond motifs is 1. The molecule has 0 fully saturated rings. The maximum atomic E-state index is 4.56. The minimum atomic E-state index is 0.747. The van der Waals surface area contributed by atoms with E-state index >= 15 is 0 Å². The van der Waals surface area contributed by atoms with Gasteiger partial charge in [-0.25, -0.2) is 4.98 Å². The number of nitrogens with one attached hydrogen (secondary N) is 2. The molecule has 0 aliphatic rings. The molecule has 3 aromatic rings. The molecule has 3 nitrogen and oxygen atoms in total.